The van der Waals surface area contributed by atoms with Gasteiger partial charge in [-0.05, 0) is 209 Å². The van der Waals surface area contributed by atoms with E-state index in [4.69, 9.17) is 28.4 Å². The first kappa shape index (κ1) is 42.4. The lowest BCUT2D eigenvalue weighted by atomic mass is 9.59. The molecule has 0 saturated heterocycles. The van der Waals surface area contributed by atoms with Crippen LogP contribution in [-0.2, 0) is 0 Å². The molecule has 3 aliphatic rings. The van der Waals surface area contributed by atoms with E-state index in [1.54, 1.807) is 42.7 Å². The maximum Gasteiger partial charge on any atom is 0.119 e. The van der Waals surface area contributed by atoms with E-state index in [-0.39, 0.29) is 11.8 Å². The second kappa shape index (κ2) is 17.5. The molecule has 0 spiro atoms. The predicted octanol–water partition coefficient (Wildman–Crippen LogP) is 14.7. The van der Waals surface area contributed by atoms with Crippen molar-refractivity contribution in [3.05, 3.63) is 215 Å². The molecule has 0 aliphatic heterocycles. The Morgan fingerprint density at radius 2 is 0.382 bits per heavy atom. The topological polar surface area (TPSA) is 55.4 Å². The van der Waals surface area contributed by atoms with Crippen LogP contribution in [0.2, 0.25) is 0 Å². The van der Waals surface area contributed by atoms with Crippen molar-refractivity contribution in [1.82, 2.24) is 0 Å². The van der Waals surface area contributed by atoms with Crippen LogP contribution in [0.15, 0.2) is 182 Å². The highest BCUT2D eigenvalue weighted by atomic mass is 16.5. The summed E-state index contributed by atoms with van der Waals surface area (Å²) in [6.07, 6.45) is 0. The zero-order valence-corrected chi connectivity index (χ0v) is 38.9. The van der Waals surface area contributed by atoms with E-state index in [9.17, 15) is 0 Å². The summed E-state index contributed by atoms with van der Waals surface area (Å²) in [7, 11) is 10.3. The summed E-state index contributed by atoms with van der Waals surface area (Å²) in [5.41, 5.74) is 20.8. The fourth-order valence-electron chi connectivity index (χ4n) is 10.6. The van der Waals surface area contributed by atoms with Crippen LogP contribution in [0, 0.1) is 0 Å². The van der Waals surface area contributed by atoms with Gasteiger partial charge in [-0.25, -0.2) is 0 Å². The second-order valence-electron chi connectivity index (χ2n) is 17.3. The van der Waals surface area contributed by atoms with Crippen LogP contribution in [0.5, 0.6) is 34.5 Å². The third-order valence-electron chi connectivity index (χ3n) is 13.8. The van der Waals surface area contributed by atoms with Gasteiger partial charge in [-0.1, -0.05) is 72.8 Å². The smallest absolute Gasteiger partial charge is 0.119 e. The summed E-state index contributed by atoms with van der Waals surface area (Å²) in [4.78, 5) is 0. The Hall–Kier alpha value is -8.22. The van der Waals surface area contributed by atoms with E-state index in [0.717, 1.165) is 101 Å². The lowest BCUT2D eigenvalue weighted by Gasteiger charge is -2.44. The molecule has 68 heavy (non-hydrogen) atoms. The highest BCUT2D eigenvalue weighted by Gasteiger charge is 2.43. The molecule has 6 nitrogen and oxygen atoms in total. The molecule has 0 aromatic heterocycles. The molecular weight excluding hydrogens is 841 g/mol. The number of ether oxygens (including phenoxy) is 6. The van der Waals surface area contributed by atoms with E-state index in [0.29, 0.717) is 0 Å². The molecule has 9 aromatic rings. The van der Waals surface area contributed by atoms with Crippen LogP contribution < -0.4 is 28.4 Å². The van der Waals surface area contributed by atoms with Crippen molar-refractivity contribution in [2.75, 3.05) is 42.7 Å². The normalized spacial score (nSPS) is 14.0. The lowest BCUT2D eigenvalue weighted by molar-refractivity contribution is 0.415. The van der Waals surface area contributed by atoms with Crippen molar-refractivity contribution in [2.45, 2.75) is 11.8 Å². The summed E-state index contributed by atoms with van der Waals surface area (Å²) in [5.74, 6) is 4.55. The monoisotopic (exact) mass is 890 g/mol. The molecule has 0 atom stereocenters. The van der Waals surface area contributed by atoms with E-state index < -0.39 is 0 Å². The molecule has 3 aliphatic carbocycles. The highest BCUT2D eigenvalue weighted by Crippen LogP contribution is 2.60. The zero-order chi connectivity index (χ0) is 46.5. The first-order chi connectivity index (χ1) is 33.4. The Bertz CT molecular complexity index is 2820. The standard InChI is InChI=1S/C62H50O6/c1-63-43-19-7-13-37(25-43)49-31-55-56(32-50(49)38-14-8-20-44(26-38)64-2)62-59-35-53(41-17-11-23-47(29-41)67-5)51(39-15-9-21-45(27-39)65-3)33-57(59)61(55)58-34-52(40-16-10-22-46(28-40)66-4)54(36-60(58)62)42-18-12-24-48(30-42)68-6/h7-36,61-62H,1-6H3. The summed E-state index contributed by atoms with van der Waals surface area (Å²) in [6.45, 7) is 0. The fourth-order valence-corrected chi connectivity index (χ4v) is 10.6. The maximum atomic E-state index is 5.83. The van der Waals surface area contributed by atoms with Crippen molar-refractivity contribution in [1.29, 1.82) is 0 Å². The molecule has 0 heterocycles. The Labute approximate surface area is 397 Å². The molecule has 6 heteroatoms. The zero-order valence-electron chi connectivity index (χ0n) is 38.9. The van der Waals surface area contributed by atoms with Gasteiger partial charge in [0.05, 0.1) is 42.7 Å². The molecule has 0 N–H and O–H groups in total. The van der Waals surface area contributed by atoms with Gasteiger partial charge in [0.15, 0.2) is 0 Å². The van der Waals surface area contributed by atoms with Gasteiger partial charge in [0.1, 0.15) is 34.5 Å². The molecule has 2 bridgehead atoms. The third kappa shape index (κ3) is 7.30. The van der Waals surface area contributed by atoms with Gasteiger partial charge in [-0.2, -0.15) is 0 Å². The quantitative estimate of drug-likeness (QED) is 0.122. The van der Waals surface area contributed by atoms with Gasteiger partial charge in [-0.3, -0.25) is 0 Å². The molecule has 9 aromatic carbocycles. The Morgan fingerprint density at radius 1 is 0.221 bits per heavy atom. The van der Waals surface area contributed by atoms with Gasteiger partial charge in [-0.15, -0.1) is 0 Å². The third-order valence-corrected chi connectivity index (χ3v) is 13.8. The molecule has 0 amide bonds. The Morgan fingerprint density at radius 3 is 0.529 bits per heavy atom. The van der Waals surface area contributed by atoms with Gasteiger partial charge in [0, 0.05) is 11.8 Å². The largest absolute Gasteiger partial charge is 0.497 e. The van der Waals surface area contributed by atoms with Crippen molar-refractivity contribution < 1.29 is 28.4 Å². The average Bonchev–Trinajstić information content (AvgIpc) is 3.41. The number of benzene rings is 9. The van der Waals surface area contributed by atoms with Crippen LogP contribution in [-0.4, -0.2) is 42.7 Å². The minimum atomic E-state index is -0.129. The predicted molar refractivity (Wildman–Crippen MR) is 273 cm³/mol. The lowest BCUT2D eigenvalue weighted by Crippen LogP contribution is -2.28. The van der Waals surface area contributed by atoms with Crippen LogP contribution in [0.3, 0.4) is 0 Å². The molecule has 0 unspecified atom stereocenters. The van der Waals surface area contributed by atoms with Crippen molar-refractivity contribution in [3.63, 3.8) is 0 Å². The van der Waals surface area contributed by atoms with Crippen molar-refractivity contribution >= 4 is 0 Å². The maximum absolute atomic E-state index is 5.83. The minimum absolute atomic E-state index is 0.129. The SMILES string of the molecule is COc1cccc(-c2cc3c(cc2-c2cccc(OC)c2)C2c4cc(-c5cccc(OC)c5)c(-c5cccc(OC)c5)cc4C3c3cc(-c4cccc(OC)c4)c(-c4cccc(OC)c4)cc32)c1. The minimum Gasteiger partial charge on any atom is -0.497 e. The molecule has 0 fully saturated rings. The first-order valence-corrected chi connectivity index (χ1v) is 22.8. The molecule has 12 rings (SSSR count). The van der Waals surface area contributed by atoms with Gasteiger partial charge >= 0.3 is 0 Å². The van der Waals surface area contributed by atoms with Crippen molar-refractivity contribution in [3.8, 4) is 101 Å². The molecule has 0 saturated carbocycles. The van der Waals surface area contributed by atoms with E-state index >= 15 is 0 Å². The van der Waals surface area contributed by atoms with E-state index in [2.05, 4.69) is 146 Å². The summed E-state index contributed by atoms with van der Waals surface area (Å²) in [6, 6.07) is 65.0. The molecule has 334 valence electrons. The van der Waals surface area contributed by atoms with Gasteiger partial charge in [0.2, 0.25) is 0 Å². The van der Waals surface area contributed by atoms with Crippen LogP contribution >= 0.6 is 0 Å². The number of hydrogen-bond donors (Lipinski definition) is 0. The van der Waals surface area contributed by atoms with Crippen LogP contribution in [0.4, 0.5) is 0 Å². The molecular formula is C62H50O6. The second-order valence-corrected chi connectivity index (χ2v) is 17.3. The first-order valence-electron chi connectivity index (χ1n) is 22.8. The van der Waals surface area contributed by atoms with E-state index in [1.165, 1.54) is 33.4 Å². The summed E-state index contributed by atoms with van der Waals surface area (Å²) < 4.78 is 35.0. The Kier molecular flexibility index (Phi) is 10.9. The Balaban J connectivity index is 1.25. The number of rotatable bonds is 12. The number of methoxy groups -OCH3 is 6. The van der Waals surface area contributed by atoms with Gasteiger partial charge < -0.3 is 28.4 Å². The van der Waals surface area contributed by atoms with Crippen molar-refractivity contribution in [2.24, 2.45) is 0 Å². The highest BCUT2D eigenvalue weighted by molar-refractivity contribution is 5.93. The van der Waals surface area contributed by atoms with Crippen LogP contribution in [0.1, 0.15) is 45.2 Å². The van der Waals surface area contributed by atoms with Gasteiger partial charge in [0.25, 0.3) is 0 Å². The van der Waals surface area contributed by atoms with E-state index in [1.807, 2.05) is 36.4 Å². The average molecular weight is 891 g/mol. The fraction of sp³-hybridized carbons (Fsp3) is 0.129. The summed E-state index contributed by atoms with van der Waals surface area (Å²) >= 11 is 0. The molecule has 0 radical (unpaired) electrons. The summed E-state index contributed by atoms with van der Waals surface area (Å²) in [5, 5.41) is 0. The number of hydrogen-bond acceptors (Lipinski definition) is 6. The van der Waals surface area contributed by atoms with Crippen LogP contribution in [0.25, 0.3) is 66.8 Å².